The molecule has 1 N–H and O–H groups in total. The summed E-state index contributed by atoms with van der Waals surface area (Å²) in [4.78, 5) is 0. The van der Waals surface area contributed by atoms with Gasteiger partial charge in [0.25, 0.3) is 0 Å². The molecule has 3 heteroatoms. The van der Waals surface area contributed by atoms with Gasteiger partial charge in [0.2, 0.25) is 0 Å². The van der Waals surface area contributed by atoms with Gasteiger partial charge in [-0.3, -0.25) is 0 Å². The fourth-order valence-electron chi connectivity index (χ4n) is 2.19. The first-order valence-corrected chi connectivity index (χ1v) is 7.28. The van der Waals surface area contributed by atoms with Crippen molar-refractivity contribution in [3.05, 3.63) is 59.7 Å². The minimum atomic E-state index is -0.736. The molecule has 0 radical (unpaired) electrons. The third-order valence-electron chi connectivity index (χ3n) is 3.06. The van der Waals surface area contributed by atoms with Crippen LogP contribution in [-0.4, -0.2) is 17.8 Å². The van der Waals surface area contributed by atoms with Crippen LogP contribution in [0.25, 0.3) is 0 Å². The SMILES string of the molecule is CCOc1cccc(C(O)c2ccccc2OC(C)C)c1. The van der Waals surface area contributed by atoms with Crippen molar-refractivity contribution in [1.82, 2.24) is 0 Å². The van der Waals surface area contributed by atoms with E-state index in [1.165, 1.54) is 0 Å². The van der Waals surface area contributed by atoms with E-state index < -0.39 is 6.10 Å². The second kappa shape index (κ2) is 7.14. The number of aliphatic hydroxyl groups excluding tert-OH is 1. The molecule has 2 aromatic carbocycles. The predicted octanol–water partition coefficient (Wildman–Crippen LogP) is 3.95. The summed E-state index contributed by atoms with van der Waals surface area (Å²) in [5, 5.41) is 10.6. The smallest absolute Gasteiger partial charge is 0.125 e. The molecule has 0 fully saturated rings. The third kappa shape index (κ3) is 3.99. The molecule has 0 saturated carbocycles. The standard InChI is InChI=1S/C18H22O3/c1-4-20-15-9-7-8-14(12-15)18(19)16-10-5-6-11-17(16)21-13(2)3/h5-13,18-19H,4H2,1-3H3. The van der Waals surface area contributed by atoms with Crippen LogP contribution in [0.5, 0.6) is 11.5 Å². The number of ether oxygens (including phenoxy) is 2. The monoisotopic (exact) mass is 286 g/mol. The zero-order chi connectivity index (χ0) is 15.2. The van der Waals surface area contributed by atoms with Crippen molar-refractivity contribution in [3.63, 3.8) is 0 Å². The molecular weight excluding hydrogens is 264 g/mol. The Bertz CT molecular complexity index is 578. The minimum Gasteiger partial charge on any atom is -0.494 e. The normalized spacial score (nSPS) is 12.2. The summed E-state index contributed by atoms with van der Waals surface area (Å²) in [6, 6.07) is 15.1. The predicted molar refractivity (Wildman–Crippen MR) is 83.9 cm³/mol. The lowest BCUT2D eigenvalue weighted by Crippen LogP contribution is -2.10. The number of para-hydroxylation sites is 1. The van der Waals surface area contributed by atoms with Crippen LogP contribution in [0.15, 0.2) is 48.5 Å². The lowest BCUT2D eigenvalue weighted by Gasteiger charge is -2.18. The van der Waals surface area contributed by atoms with Gasteiger partial charge in [-0.1, -0.05) is 30.3 Å². The van der Waals surface area contributed by atoms with Gasteiger partial charge in [0.15, 0.2) is 0 Å². The fourth-order valence-corrected chi connectivity index (χ4v) is 2.19. The molecule has 0 amide bonds. The number of rotatable bonds is 6. The second-order valence-electron chi connectivity index (χ2n) is 5.11. The molecule has 21 heavy (non-hydrogen) atoms. The first-order valence-electron chi connectivity index (χ1n) is 7.28. The van der Waals surface area contributed by atoms with Crippen LogP contribution < -0.4 is 9.47 Å². The van der Waals surface area contributed by atoms with Gasteiger partial charge < -0.3 is 14.6 Å². The van der Waals surface area contributed by atoms with Gasteiger partial charge in [0.1, 0.15) is 17.6 Å². The fraction of sp³-hybridized carbons (Fsp3) is 0.333. The van der Waals surface area contributed by atoms with Crippen LogP contribution >= 0.6 is 0 Å². The first kappa shape index (κ1) is 15.4. The first-order chi connectivity index (χ1) is 10.1. The topological polar surface area (TPSA) is 38.7 Å². The molecule has 1 atom stereocenters. The van der Waals surface area contributed by atoms with E-state index >= 15 is 0 Å². The van der Waals surface area contributed by atoms with E-state index in [0.29, 0.717) is 12.4 Å². The number of benzene rings is 2. The highest BCUT2D eigenvalue weighted by molar-refractivity contribution is 5.42. The summed E-state index contributed by atoms with van der Waals surface area (Å²) in [5.74, 6) is 1.47. The Hall–Kier alpha value is -2.00. The van der Waals surface area contributed by atoms with E-state index in [1.807, 2.05) is 69.3 Å². The molecule has 0 heterocycles. The molecule has 2 rings (SSSR count). The molecular formula is C18H22O3. The van der Waals surface area contributed by atoms with E-state index in [2.05, 4.69) is 0 Å². The molecule has 0 aliphatic carbocycles. The maximum atomic E-state index is 10.6. The number of hydrogen-bond acceptors (Lipinski definition) is 3. The molecule has 112 valence electrons. The summed E-state index contributed by atoms with van der Waals surface area (Å²) >= 11 is 0. The third-order valence-corrected chi connectivity index (χ3v) is 3.06. The average molecular weight is 286 g/mol. The van der Waals surface area contributed by atoms with Crippen molar-refractivity contribution in [3.8, 4) is 11.5 Å². The van der Waals surface area contributed by atoms with Gasteiger partial charge in [-0.15, -0.1) is 0 Å². The van der Waals surface area contributed by atoms with Crippen LogP contribution in [0.2, 0.25) is 0 Å². The van der Waals surface area contributed by atoms with E-state index in [-0.39, 0.29) is 6.10 Å². The molecule has 2 aromatic rings. The summed E-state index contributed by atoms with van der Waals surface area (Å²) in [6.07, 6.45) is -0.673. The Labute approximate surface area is 126 Å². The van der Waals surface area contributed by atoms with Gasteiger partial charge in [0, 0.05) is 5.56 Å². The van der Waals surface area contributed by atoms with E-state index in [4.69, 9.17) is 9.47 Å². The summed E-state index contributed by atoms with van der Waals surface area (Å²) < 4.78 is 11.3. The van der Waals surface area contributed by atoms with Gasteiger partial charge in [-0.25, -0.2) is 0 Å². The van der Waals surface area contributed by atoms with Crippen LogP contribution in [0.3, 0.4) is 0 Å². The van der Waals surface area contributed by atoms with Crippen LogP contribution in [-0.2, 0) is 0 Å². The van der Waals surface area contributed by atoms with Crippen LogP contribution in [0.4, 0.5) is 0 Å². The summed E-state index contributed by atoms with van der Waals surface area (Å²) in [7, 11) is 0. The number of aliphatic hydroxyl groups is 1. The largest absolute Gasteiger partial charge is 0.494 e. The Morgan fingerprint density at radius 2 is 1.81 bits per heavy atom. The van der Waals surface area contributed by atoms with Gasteiger partial charge in [-0.05, 0) is 44.5 Å². The average Bonchev–Trinajstić information content (AvgIpc) is 2.47. The molecule has 0 aliphatic heterocycles. The molecule has 0 aliphatic rings. The highest BCUT2D eigenvalue weighted by Crippen LogP contribution is 2.31. The highest BCUT2D eigenvalue weighted by atomic mass is 16.5. The summed E-state index contributed by atoms with van der Waals surface area (Å²) in [6.45, 7) is 6.49. The Morgan fingerprint density at radius 1 is 1.05 bits per heavy atom. The van der Waals surface area contributed by atoms with Gasteiger partial charge in [0.05, 0.1) is 12.7 Å². The highest BCUT2D eigenvalue weighted by Gasteiger charge is 2.16. The maximum Gasteiger partial charge on any atom is 0.125 e. The Morgan fingerprint density at radius 3 is 2.52 bits per heavy atom. The molecule has 0 saturated heterocycles. The van der Waals surface area contributed by atoms with E-state index in [1.54, 1.807) is 0 Å². The number of hydrogen-bond donors (Lipinski definition) is 1. The zero-order valence-corrected chi connectivity index (χ0v) is 12.7. The lowest BCUT2D eigenvalue weighted by atomic mass is 10.0. The van der Waals surface area contributed by atoms with Gasteiger partial charge in [-0.2, -0.15) is 0 Å². The van der Waals surface area contributed by atoms with Crippen molar-refractivity contribution in [2.75, 3.05) is 6.61 Å². The summed E-state index contributed by atoms with van der Waals surface area (Å²) in [5.41, 5.74) is 1.56. The lowest BCUT2D eigenvalue weighted by molar-refractivity contribution is 0.197. The van der Waals surface area contributed by atoms with Crippen molar-refractivity contribution in [2.24, 2.45) is 0 Å². The van der Waals surface area contributed by atoms with Crippen LogP contribution in [0.1, 0.15) is 38.0 Å². The van der Waals surface area contributed by atoms with E-state index in [9.17, 15) is 5.11 Å². The maximum absolute atomic E-state index is 10.6. The molecule has 0 aromatic heterocycles. The molecule has 3 nitrogen and oxygen atoms in total. The molecule has 0 spiro atoms. The Kier molecular flexibility index (Phi) is 5.23. The van der Waals surface area contributed by atoms with Crippen molar-refractivity contribution < 1.29 is 14.6 Å². The van der Waals surface area contributed by atoms with E-state index in [0.717, 1.165) is 16.9 Å². The Balaban J connectivity index is 2.31. The molecule has 0 bridgehead atoms. The van der Waals surface area contributed by atoms with Gasteiger partial charge >= 0.3 is 0 Å². The van der Waals surface area contributed by atoms with Crippen LogP contribution in [0, 0.1) is 0 Å². The molecule has 1 unspecified atom stereocenters. The van der Waals surface area contributed by atoms with Crippen molar-refractivity contribution >= 4 is 0 Å². The van der Waals surface area contributed by atoms with Crippen molar-refractivity contribution in [2.45, 2.75) is 33.0 Å². The zero-order valence-electron chi connectivity index (χ0n) is 12.7. The second-order valence-corrected chi connectivity index (χ2v) is 5.11. The quantitative estimate of drug-likeness (QED) is 0.873. The minimum absolute atomic E-state index is 0.0631. The van der Waals surface area contributed by atoms with Crippen molar-refractivity contribution in [1.29, 1.82) is 0 Å².